The minimum absolute atomic E-state index is 0.136. The Kier molecular flexibility index (Phi) is 58.3. The minimum Gasteiger partial charge on any atom is -0.394 e. The highest BCUT2D eigenvalue weighted by Crippen LogP contribution is 2.24. The van der Waals surface area contributed by atoms with Crippen LogP contribution in [0.1, 0.15) is 348 Å². The van der Waals surface area contributed by atoms with Crippen molar-refractivity contribution in [2.75, 3.05) is 13.2 Å². The van der Waals surface area contributed by atoms with Gasteiger partial charge in [-0.05, 0) is 51.4 Å². The summed E-state index contributed by atoms with van der Waals surface area (Å²) in [5, 5.41) is 55.0. The molecule has 7 unspecified atom stereocenters. The average Bonchev–Trinajstić information content (AvgIpc) is 3.48. The predicted molar refractivity (Wildman–Crippen MR) is 346 cm³/mol. The van der Waals surface area contributed by atoms with Gasteiger partial charge in [0.25, 0.3) is 0 Å². The lowest BCUT2D eigenvalue weighted by Crippen LogP contribution is -2.60. The number of allylic oxidation sites excluding steroid dienone is 8. The topological polar surface area (TPSA) is 149 Å². The number of carbonyl (C=O) groups is 1. The zero-order valence-corrected chi connectivity index (χ0v) is 53.3. The first-order chi connectivity index (χ1) is 39.8. The molecule has 9 heteroatoms. The molecule has 1 aliphatic heterocycles. The third kappa shape index (κ3) is 50.1. The summed E-state index contributed by atoms with van der Waals surface area (Å²) in [5.74, 6) is -0.141. The van der Waals surface area contributed by atoms with Crippen molar-refractivity contribution in [1.29, 1.82) is 0 Å². The molecule has 81 heavy (non-hydrogen) atoms. The highest BCUT2D eigenvalue weighted by Gasteiger charge is 2.44. The molecule has 1 heterocycles. The Bertz CT molecular complexity index is 1420. The maximum Gasteiger partial charge on any atom is 0.220 e. The van der Waals surface area contributed by atoms with E-state index < -0.39 is 49.5 Å². The van der Waals surface area contributed by atoms with Gasteiger partial charge in [-0.25, -0.2) is 0 Å². The van der Waals surface area contributed by atoms with Crippen LogP contribution in [0.5, 0.6) is 0 Å². The number of hydrogen-bond donors (Lipinski definition) is 6. The van der Waals surface area contributed by atoms with Gasteiger partial charge >= 0.3 is 0 Å². The van der Waals surface area contributed by atoms with Crippen LogP contribution in [0.3, 0.4) is 0 Å². The molecule has 1 saturated heterocycles. The molecule has 0 aromatic rings. The zero-order chi connectivity index (χ0) is 58.6. The molecule has 0 bridgehead atoms. The third-order valence-electron chi connectivity index (χ3n) is 16.9. The van der Waals surface area contributed by atoms with Crippen LogP contribution in [-0.4, -0.2) is 87.5 Å². The number of aliphatic hydroxyl groups is 5. The van der Waals surface area contributed by atoms with Crippen molar-refractivity contribution >= 4 is 5.91 Å². The van der Waals surface area contributed by atoms with Crippen LogP contribution < -0.4 is 5.32 Å². The zero-order valence-electron chi connectivity index (χ0n) is 53.3. The molecular weight excluding hydrogens is 1010 g/mol. The van der Waals surface area contributed by atoms with Crippen LogP contribution in [0, 0.1) is 0 Å². The maximum atomic E-state index is 13.2. The van der Waals surface area contributed by atoms with Crippen molar-refractivity contribution in [3.63, 3.8) is 0 Å². The lowest BCUT2D eigenvalue weighted by atomic mass is 9.99. The number of rotatable bonds is 62. The summed E-state index contributed by atoms with van der Waals surface area (Å²) in [6.45, 7) is 3.77. The van der Waals surface area contributed by atoms with Gasteiger partial charge in [-0.2, -0.15) is 0 Å². The molecule has 0 aliphatic carbocycles. The van der Waals surface area contributed by atoms with E-state index >= 15 is 0 Å². The molecular formula is C72H135NO8. The Balaban J connectivity index is 2.10. The fourth-order valence-electron chi connectivity index (χ4n) is 11.5. The van der Waals surface area contributed by atoms with E-state index in [0.29, 0.717) is 12.8 Å². The number of carbonyl (C=O) groups excluding carboxylic acids is 1. The van der Waals surface area contributed by atoms with E-state index in [4.69, 9.17) is 9.47 Å². The Morgan fingerprint density at radius 3 is 1.14 bits per heavy atom. The second-order valence-corrected chi connectivity index (χ2v) is 24.7. The molecule has 9 nitrogen and oxygen atoms in total. The van der Waals surface area contributed by atoms with Gasteiger partial charge in [0.1, 0.15) is 24.4 Å². The first-order valence-corrected chi connectivity index (χ1v) is 35.3. The Morgan fingerprint density at radius 2 is 0.765 bits per heavy atom. The molecule has 476 valence electrons. The van der Waals surface area contributed by atoms with E-state index in [-0.39, 0.29) is 12.5 Å². The summed E-state index contributed by atoms with van der Waals surface area (Å²) >= 11 is 0. The van der Waals surface area contributed by atoms with E-state index in [2.05, 4.69) is 67.8 Å². The summed E-state index contributed by atoms with van der Waals surface area (Å²) in [4.78, 5) is 13.2. The number of hydrogen-bond acceptors (Lipinski definition) is 8. The van der Waals surface area contributed by atoms with E-state index in [1.807, 2.05) is 0 Å². The van der Waals surface area contributed by atoms with Crippen LogP contribution >= 0.6 is 0 Å². The molecule has 0 saturated carbocycles. The molecule has 0 spiro atoms. The van der Waals surface area contributed by atoms with E-state index in [1.54, 1.807) is 0 Å². The highest BCUT2D eigenvalue weighted by molar-refractivity contribution is 5.76. The molecule has 0 aromatic heterocycles. The van der Waals surface area contributed by atoms with Crippen LogP contribution in [0.15, 0.2) is 48.6 Å². The average molecular weight is 1140 g/mol. The fraction of sp³-hybridized carbons (Fsp3) is 0.875. The van der Waals surface area contributed by atoms with Crippen molar-refractivity contribution in [3.8, 4) is 0 Å². The monoisotopic (exact) mass is 1140 g/mol. The lowest BCUT2D eigenvalue weighted by Gasteiger charge is -2.40. The van der Waals surface area contributed by atoms with Gasteiger partial charge in [0.05, 0.1) is 25.4 Å². The SMILES string of the molecule is CC/C=C\C/C=C\C/C=C\C/C=C\CCCCCCCCCCCCCCCCC(=O)NC(COC1OC(CO)C(O)C(O)C1O)C(O)CCCCCCCCCCCCCCCCCCCCCCCCCCCCCCCCC. The summed E-state index contributed by atoms with van der Waals surface area (Å²) in [7, 11) is 0. The number of unbranched alkanes of at least 4 members (excludes halogenated alkanes) is 44. The normalized spacial score (nSPS) is 18.6. The number of nitrogens with one attached hydrogen (secondary N) is 1. The van der Waals surface area contributed by atoms with Gasteiger partial charge in [-0.1, -0.05) is 339 Å². The highest BCUT2D eigenvalue weighted by atomic mass is 16.7. The molecule has 0 aromatic carbocycles. The van der Waals surface area contributed by atoms with Crippen LogP contribution in [0.25, 0.3) is 0 Å². The van der Waals surface area contributed by atoms with Crippen LogP contribution in [0.2, 0.25) is 0 Å². The molecule has 1 rings (SSSR count). The fourth-order valence-corrected chi connectivity index (χ4v) is 11.5. The molecule has 1 aliphatic rings. The summed E-state index contributed by atoms with van der Waals surface area (Å²) in [6.07, 6.45) is 76.1. The molecule has 1 amide bonds. The smallest absolute Gasteiger partial charge is 0.220 e. The van der Waals surface area contributed by atoms with Crippen molar-refractivity contribution in [2.24, 2.45) is 0 Å². The molecule has 7 atom stereocenters. The molecule has 1 fully saturated rings. The van der Waals surface area contributed by atoms with Gasteiger partial charge in [0.15, 0.2) is 6.29 Å². The van der Waals surface area contributed by atoms with E-state index in [0.717, 1.165) is 64.2 Å². The second-order valence-electron chi connectivity index (χ2n) is 24.7. The van der Waals surface area contributed by atoms with E-state index in [9.17, 15) is 30.3 Å². The quantitative estimate of drug-likeness (QED) is 0.0261. The largest absolute Gasteiger partial charge is 0.394 e. The van der Waals surface area contributed by atoms with Gasteiger partial charge in [0, 0.05) is 6.42 Å². The summed E-state index contributed by atoms with van der Waals surface area (Å²) in [6, 6.07) is -0.722. The molecule has 6 N–H and O–H groups in total. The van der Waals surface area contributed by atoms with Crippen LogP contribution in [-0.2, 0) is 14.3 Å². The van der Waals surface area contributed by atoms with Crippen LogP contribution in [0.4, 0.5) is 0 Å². The number of ether oxygens (including phenoxy) is 2. The summed E-state index contributed by atoms with van der Waals surface area (Å²) in [5.41, 5.74) is 0. The van der Waals surface area contributed by atoms with Crippen molar-refractivity contribution in [2.45, 2.75) is 391 Å². The Labute approximate surface area is 501 Å². The van der Waals surface area contributed by atoms with Gasteiger partial charge in [-0.3, -0.25) is 4.79 Å². The minimum atomic E-state index is -1.56. The van der Waals surface area contributed by atoms with Gasteiger partial charge in [-0.15, -0.1) is 0 Å². The first-order valence-electron chi connectivity index (χ1n) is 35.3. The van der Waals surface area contributed by atoms with E-state index in [1.165, 1.54) is 257 Å². The predicted octanol–water partition coefficient (Wildman–Crippen LogP) is 19.2. The second kappa shape index (κ2) is 61.2. The lowest BCUT2D eigenvalue weighted by molar-refractivity contribution is -0.302. The number of amides is 1. The third-order valence-corrected chi connectivity index (χ3v) is 16.9. The van der Waals surface area contributed by atoms with Gasteiger partial charge in [0.2, 0.25) is 5.91 Å². The maximum absolute atomic E-state index is 13.2. The van der Waals surface area contributed by atoms with Gasteiger partial charge < -0.3 is 40.3 Å². The first kappa shape index (κ1) is 77.2. The Hall–Kier alpha value is -1.85. The Morgan fingerprint density at radius 1 is 0.432 bits per heavy atom. The standard InChI is InChI=1S/C72H135NO8/c1-3-5-7-9-11-13-15-17-19-21-23-25-27-29-31-32-33-34-36-37-39-41-43-45-47-49-51-53-55-57-59-61-66(75)65(64-80-72-71(79)70(78)69(77)67(63-74)81-72)73-68(76)62-60-58-56-54-52-50-48-46-44-42-40-38-35-30-28-26-24-22-20-18-16-14-12-10-8-6-4-2/h6,8,12,14,18,20,24,26,65-67,69-72,74-75,77-79H,3-5,7,9-11,13,15-17,19,21-23,25,27-64H2,1-2H3,(H,73,76)/b8-6-,14-12-,20-18-,26-24-. The van der Waals surface area contributed by atoms with Crippen molar-refractivity contribution < 1.29 is 39.8 Å². The van der Waals surface area contributed by atoms with Crippen molar-refractivity contribution in [1.82, 2.24) is 5.32 Å². The van der Waals surface area contributed by atoms with Crippen molar-refractivity contribution in [3.05, 3.63) is 48.6 Å². The summed E-state index contributed by atoms with van der Waals surface area (Å²) < 4.78 is 11.4. The molecule has 0 radical (unpaired) electrons. The number of aliphatic hydroxyl groups excluding tert-OH is 5.